The predicted octanol–water partition coefficient (Wildman–Crippen LogP) is 3.20. The van der Waals surface area contributed by atoms with Gasteiger partial charge in [0.25, 0.3) is 5.91 Å². The maximum Gasteiger partial charge on any atom is 0.279 e. The predicted molar refractivity (Wildman–Crippen MR) is 102 cm³/mol. The molecule has 6 heteroatoms. The summed E-state index contributed by atoms with van der Waals surface area (Å²) in [6.07, 6.45) is 0. The van der Waals surface area contributed by atoms with Crippen LogP contribution in [0.25, 0.3) is 10.9 Å². The number of amides is 1. The number of benzene rings is 2. The molecular formula is C19H18Cl2N3O+. The van der Waals surface area contributed by atoms with Crippen molar-refractivity contribution < 1.29 is 9.69 Å². The number of anilines is 1. The van der Waals surface area contributed by atoms with Crippen LogP contribution in [-0.4, -0.2) is 24.5 Å². The van der Waals surface area contributed by atoms with Crippen molar-refractivity contribution in [2.75, 3.05) is 18.9 Å². The first-order valence-electron chi connectivity index (χ1n) is 7.92. The van der Waals surface area contributed by atoms with Gasteiger partial charge in [-0.1, -0.05) is 41.4 Å². The van der Waals surface area contributed by atoms with E-state index in [1.54, 1.807) is 24.3 Å². The lowest BCUT2D eigenvalue weighted by Gasteiger charge is -2.15. The molecule has 1 atom stereocenters. The number of nitrogens with one attached hydrogen (secondary N) is 2. The average molecular weight is 375 g/mol. The molecule has 0 saturated heterocycles. The summed E-state index contributed by atoms with van der Waals surface area (Å²) < 4.78 is 0. The molecule has 3 aromatic rings. The zero-order valence-corrected chi connectivity index (χ0v) is 15.2. The van der Waals surface area contributed by atoms with E-state index in [1.807, 2.05) is 37.4 Å². The van der Waals surface area contributed by atoms with Crippen molar-refractivity contribution in [3.05, 3.63) is 70.3 Å². The SMILES string of the molecule is C[NH+](CC(=O)Nc1ccc(Cl)cc1)Cc1cc2ccccc2nc1Cl. The summed E-state index contributed by atoms with van der Waals surface area (Å²) in [7, 11) is 1.95. The number of fused-ring (bicyclic) bond motifs is 1. The van der Waals surface area contributed by atoms with E-state index >= 15 is 0 Å². The highest BCUT2D eigenvalue weighted by Gasteiger charge is 2.14. The van der Waals surface area contributed by atoms with Crippen molar-refractivity contribution in [2.24, 2.45) is 0 Å². The van der Waals surface area contributed by atoms with Gasteiger partial charge in [-0.15, -0.1) is 0 Å². The van der Waals surface area contributed by atoms with Crippen LogP contribution in [0.15, 0.2) is 54.6 Å². The Kier molecular flexibility index (Phi) is 5.53. The summed E-state index contributed by atoms with van der Waals surface area (Å²) in [5, 5.41) is 5.03. The minimum absolute atomic E-state index is 0.0651. The number of hydrogen-bond acceptors (Lipinski definition) is 2. The fourth-order valence-corrected chi connectivity index (χ4v) is 3.00. The molecule has 25 heavy (non-hydrogen) atoms. The number of hydrogen-bond donors (Lipinski definition) is 2. The molecule has 0 aliphatic carbocycles. The van der Waals surface area contributed by atoms with Crippen molar-refractivity contribution in [3.63, 3.8) is 0 Å². The fourth-order valence-electron chi connectivity index (χ4n) is 2.66. The summed E-state index contributed by atoms with van der Waals surface area (Å²) in [5.41, 5.74) is 2.53. The minimum atomic E-state index is -0.0651. The van der Waals surface area contributed by atoms with Gasteiger partial charge in [0.1, 0.15) is 11.7 Å². The van der Waals surface area contributed by atoms with Crippen LogP contribution in [0, 0.1) is 0 Å². The topological polar surface area (TPSA) is 46.4 Å². The Balaban J connectivity index is 1.63. The van der Waals surface area contributed by atoms with E-state index < -0.39 is 0 Å². The molecule has 0 fully saturated rings. The number of carbonyl (C=O) groups is 1. The Morgan fingerprint density at radius 3 is 2.60 bits per heavy atom. The molecule has 1 amide bonds. The summed E-state index contributed by atoms with van der Waals surface area (Å²) in [4.78, 5) is 17.6. The highest BCUT2D eigenvalue weighted by atomic mass is 35.5. The van der Waals surface area contributed by atoms with Crippen molar-refractivity contribution >= 4 is 45.7 Å². The van der Waals surface area contributed by atoms with Gasteiger partial charge in [-0.2, -0.15) is 0 Å². The second-order valence-electron chi connectivity index (χ2n) is 6.00. The van der Waals surface area contributed by atoms with Gasteiger partial charge in [0, 0.05) is 21.7 Å². The van der Waals surface area contributed by atoms with E-state index in [2.05, 4.69) is 10.3 Å². The summed E-state index contributed by atoms with van der Waals surface area (Å²) >= 11 is 12.1. The third kappa shape index (κ3) is 4.69. The quantitative estimate of drug-likeness (QED) is 0.673. The lowest BCUT2D eigenvalue weighted by Crippen LogP contribution is -3.08. The van der Waals surface area contributed by atoms with Crippen molar-refractivity contribution in [2.45, 2.75) is 6.54 Å². The molecule has 0 radical (unpaired) electrons. The number of halogens is 2. The highest BCUT2D eigenvalue weighted by molar-refractivity contribution is 6.31. The van der Waals surface area contributed by atoms with E-state index in [1.165, 1.54) is 0 Å². The zero-order chi connectivity index (χ0) is 17.8. The second kappa shape index (κ2) is 7.83. The van der Waals surface area contributed by atoms with Crippen LogP contribution in [0.1, 0.15) is 5.56 Å². The van der Waals surface area contributed by atoms with E-state index in [0.717, 1.165) is 27.1 Å². The standard InChI is InChI=1S/C19H17Cl2N3O/c1-24(12-18(25)22-16-8-6-15(20)7-9-16)11-14-10-13-4-2-3-5-17(13)23-19(14)21/h2-10H,11-12H2,1H3,(H,22,25)/p+1. The smallest absolute Gasteiger partial charge is 0.279 e. The van der Waals surface area contributed by atoms with E-state index in [9.17, 15) is 4.79 Å². The molecule has 128 valence electrons. The molecule has 0 aliphatic rings. The van der Waals surface area contributed by atoms with Crippen molar-refractivity contribution in [3.8, 4) is 0 Å². The van der Waals surface area contributed by atoms with Gasteiger partial charge in [-0.25, -0.2) is 4.98 Å². The molecule has 1 unspecified atom stereocenters. The zero-order valence-electron chi connectivity index (χ0n) is 13.7. The van der Waals surface area contributed by atoms with E-state index in [-0.39, 0.29) is 5.91 Å². The molecule has 2 N–H and O–H groups in total. The summed E-state index contributed by atoms with van der Waals surface area (Å²) in [5.74, 6) is -0.0651. The van der Waals surface area contributed by atoms with Crippen LogP contribution in [0.5, 0.6) is 0 Å². The van der Waals surface area contributed by atoms with Gasteiger partial charge in [-0.3, -0.25) is 4.79 Å². The molecule has 0 spiro atoms. The Morgan fingerprint density at radius 2 is 1.84 bits per heavy atom. The molecule has 3 rings (SSSR count). The molecule has 0 bridgehead atoms. The Morgan fingerprint density at radius 1 is 1.12 bits per heavy atom. The average Bonchev–Trinajstić information content (AvgIpc) is 2.57. The fraction of sp³-hybridized carbons (Fsp3) is 0.158. The lowest BCUT2D eigenvalue weighted by atomic mass is 10.1. The van der Waals surface area contributed by atoms with Crippen LogP contribution >= 0.6 is 23.2 Å². The number of para-hydroxylation sites is 1. The number of aromatic nitrogens is 1. The van der Waals surface area contributed by atoms with E-state index in [0.29, 0.717) is 23.3 Å². The third-order valence-electron chi connectivity index (χ3n) is 3.83. The molecule has 2 aromatic carbocycles. The Hall–Kier alpha value is -2.14. The van der Waals surface area contributed by atoms with Crippen molar-refractivity contribution in [1.82, 2.24) is 4.98 Å². The van der Waals surface area contributed by atoms with Crippen LogP contribution < -0.4 is 10.2 Å². The van der Waals surface area contributed by atoms with Gasteiger partial charge >= 0.3 is 0 Å². The van der Waals surface area contributed by atoms with Gasteiger partial charge in [0.15, 0.2) is 6.54 Å². The first kappa shape index (κ1) is 17.7. The van der Waals surface area contributed by atoms with Gasteiger partial charge in [-0.05, 0) is 36.4 Å². The maximum absolute atomic E-state index is 12.2. The summed E-state index contributed by atoms with van der Waals surface area (Å²) in [6, 6.07) is 16.9. The third-order valence-corrected chi connectivity index (χ3v) is 4.41. The molecule has 1 heterocycles. The molecule has 0 saturated carbocycles. The second-order valence-corrected chi connectivity index (χ2v) is 6.79. The number of carbonyl (C=O) groups excluding carboxylic acids is 1. The van der Waals surface area contributed by atoms with Crippen molar-refractivity contribution in [1.29, 1.82) is 0 Å². The molecule has 0 aliphatic heterocycles. The largest absolute Gasteiger partial charge is 0.326 e. The van der Waals surface area contributed by atoms with Gasteiger partial charge < -0.3 is 10.2 Å². The Labute approximate surface area is 156 Å². The number of pyridine rings is 1. The number of nitrogens with zero attached hydrogens (tertiary/aromatic N) is 1. The first-order chi connectivity index (χ1) is 12.0. The number of rotatable bonds is 5. The monoisotopic (exact) mass is 374 g/mol. The van der Waals surface area contributed by atoms with Gasteiger partial charge in [0.05, 0.1) is 12.6 Å². The van der Waals surface area contributed by atoms with Crippen LogP contribution in [0.3, 0.4) is 0 Å². The maximum atomic E-state index is 12.2. The van der Waals surface area contributed by atoms with Crippen LogP contribution in [0.4, 0.5) is 5.69 Å². The molecule has 1 aromatic heterocycles. The Bertz CT molecular complexity index is 897. The van der Waals surface area contributed by atoms with Crippen LogP contribution in [0.2, 0.25) is 10.2 Å². The summed E-state index contributed by atoms with van der Waals surface area (Å²) in [6.45, 7) is 0.941. The first-order valence-corrected chi connectivity index (χ1v) is 8.68. The molecule has 4 nitrogen and oxygen atoms in total. The van der Waals surface area contributed by atoms with Crippen LogP contribution in [-0.2, 0) is 11.3 Å². The lowest BCUT2D eigenvalue weighted by molar-refractivity contribution is -0.885. The number of quaternary nitrogens is 1. The normalized spacial score (nSPS) is 12.1. The molecular weight excluding hydrogens is 357 g/mol. The van der Waals surface area contributed by atoms with E-state index in [4.69, 9.17) is 23.2 Å². The number of likely N-dealkylation sites (N-methyl/N-ethyl adjacent to an activating group) is 1. The van der Waals surface area contributed by atoms with Gasteiger partial charge in [0.2, 0.25) is 0 Å². The minimum Gasteiger partial charge on any atom is -0.326 e. The highest BCUT2D eigenvalue weighted by Crippen LogP contribution is 2.19.